The average molecular weight is 428 g/mol. The number of rotatable bonds is 5. The minimum absolute atomic E-state index is 0.144. The summed E-state index contributed by atoms with van der Waals surface area (Å²) in [5.41, 5.74) is 4.11. The first-order valence-corrected chi connectivity index (χ1v) is 12.0. The van der Waals surface area contributed by atoms with E-state index in [2.05, 4.69) is 11.0 Å². The van der Waals surface area contributed by atoms with Gasteiger partial charge in [-0.3, -0.25) is 4.79 Å². The van der Waals surface area contributed by atoms with Gasteiger partial charge in [0, 0.05) is 51.4 Å². The maximum Gasteiger partial charge on any atom is 0.243 e. The second-order valence-corrected chi connectivity index (χ2v) is 10.1. The largest absolute Gasteiger partial charge is 0.312 e. The SMILES string of the molecule is Cc1ccc(S(=O)(=O)N2CCN(CCC(=O)N3CCc4ccccc43)CC2)c(C)c1. The number of hydrogen-bond acceptors (Lipinski definition) is 4. The molecule has 160 valence electrons. The molecule has 0 unspecified atom stereocenters. The maximum atomic E-state index is 13.0. The van der Waals surface area contributed by atoms with Crippen LogP contribution >= 0.6 is 0 Å². The number of fused-ring (bicyclic) bond motifs is 1. The molecule has 1 amide bonds. The van der Waals surface area contributed by atoms with E-state index in [4.69, 9.17) is 0 Å². The number of hydrogen-bond donors (Lipinski definition) is 0. The molecule has 0 spiro atoms. The molecule has 30 heavy (non-hydrogen) atoms. The third kappa shape index (κ3) is 4.15. The van der Waals surface area contributed by atoms with Gasteiger partial charge in [-0.25, -0.2) is 8.42 Å². The van der Waals surface area contributed by atoms with Gasteiger partial charge in [0.25, 0.3) is 0 Å². The Morgan fingerprint density at radius 2 is 1.70 bits per heavy atom. The van der Waals surface area contributed by atoms with E-state index in [-0.39, 0.29) is 5.91 Å². The van der Waals surface area contributed by atoms with Gasteiger partial charge in [-0.1, -0.05) is 35.9 Å². The lowest BCUT2D eigenvalue weighted by Crippen LogP contribution is -2.49. The van der Waals surface area contributed by atoms with E-state index in [0.717, 1.165) is 29.8 Å². The Bertz CT molecular complexity index is 1040. The van der Waals surface area contributed by atoms with Crippen molar-refractivity contribution in [2.45, 2.75) is 31.6 Å². The Kier molecular flexibility index (Phi) is 5.95. The summed E-state index contributed by atoms with van der Waals surface area (Å²) in [5, 5.41) is 0. The predicted molar refractivity (Wildman–Crippen MR) is 118 cm³/mol. The van der Waals surface area contributed by atoms with E-state index in [1.54, 1.807) is 10.4 Å². The zero-order valence-electron chi connectivity index (χ0n) is 17.7. The molecule has 2 aliphatic heterocycles. The summed E-state index contributed by atoms with van der Waals surface area (Å²) in [4.78, 5) is 17.2. The summed E-state index contributed by atoms with van der Waals surface area (Å²) in [6.07, 6.45) is 1.37. The van der Waals surface area contributed by atoms with Crippen molar-refractivity contribution in [3.05, 3.63) is 59.2 Å². The normalized spacial score (nSPS) is 17.9. The molecule has 0 N–H and O–H groups in total. The van der Waals surface area contributed by atoms with Crippen molar-refractivity contribution >= 4 is 21.6 Å². The van der Waals surface area contributed by atoms with E-state index in [9.17, 15) is 13.2 Å². The Hall–Kier alpha value is -2.22. The summed E-state index contributed by atoms with van der Waals surface area (Å²) >= 11 is 0. The number of nitrogens with zero attached hydrogens (tertiary/aromatic N) is 3. The fraction of sp³-hybridized carbons (Fsp3) is 0.435. The molecule has 0 aliphatic carbocycles. The smallest absolute Gasteiger partial charge is 0.243 e. The van der Waals surface area contributed by atoms with Crippen molar-refractivity contribution in [2.24, 2.45) is 0 Å². The third-order valence-electron chi connectivity index (χ3n) is 6.11. The highest BCUT2D eigenvalue weighted by Gasteiger charge is 2.30. The Morgan fingerprint density at radius 1 is 0.967 bits per heavy atom. The van der Waals surface area contributed by atoms with Crippen molar-refractivity contribution in [3.63, 3.8) is 0 Å². The number of sulfonamides is 1. The van der Waals surface area contributed by atoms with Crippen LogP contribution in [0.4, 0.5) is 5.69 Å². The van der Waals surface area contributed by atoms with Crippen LogP contribution in [0.5, 0.6) is 0 Å². The van der Waals surface area contributed by atoms with Gasteiger partial charge >= 0.3 is 0 Å². The quantitative estimate of drug-likeness (QED) is 0.736. The molecule has 0 atom stereocenters. The van der Waals surface area contributed by atoms with Crippen molar-refractivity contribution in [2.75, 3.05) is 44.2 Å². The van der Waals surface area contributed by atoms with E-state index in [0.29, 0.717) is 44.0 Å². The molecule has 0 saturated carbocycles. The topological polar surface area (TPSA) is 60.9 Å². The number of benzene rings is 2. The number of carbonyl (C=O) groups excluding carboxylic acids is 1. The van der Waals surface area contributed by atoms with Crippen LogP contribution in [0.2, 0.25) is 0 Å². The van der Waals surface area contributed by atoms with Crippen molar-refractivity contribution in [3.8, 4) is 0 Å². The van der Waals surface area contributed by atoms with Crippen molar-refractivity contribution in [1.82, 2.24) is 9.21 Å². The Morgan fingerprint density at radius 3 is 2.43 bits per heavy atom. The molecule has 4 rings (SSSR count). The van der Waals surface area contributed by atoms with Crippen LogP contribution in [0.1, 0.15) is 23.1 Å². The molecule has 2 aromatic rings. The van der Waals surface area contributed by atoms with Crippen LogP contribution in [0, 0.1) is 13.8 Å². The number of aryl methyl sites for hydroxylation is 2. The van der Waals surface area contributed by atoms with Gasteiger partial charge < -0.3 is 9.80 Å². The number of amides is 1. The zero-order valence-corrected chi connectivity index (χ0v) is 18.5. The Balaban J connectivity index is 1.31. The van der Waals surface area contributed by atoms with Crippen molar-refractivity contribution in [1.29, 1.82) is 0 Å². The fourth-order valence-electron chi connectivity index (χ4n) is 4.41. The van der Waals surface area contributed by atoms with Gasteiger partial charge in [-0.05, 0) is 43.5 Å². The third-order valence-corrected chi connectivity index (χ3v) is 8.17. The Labute approximate surface area is 179 Å². The predicted octanol–water partition coefficient (Wildman–Crippen LogP) is 2.59. The van der Waals surface area contributed by atoms with E-state index < -0.39 is 10.0 Å². The lowest BCUT2D eigenvalue weighted by atomic mass is 10.2. The molecule has 0 bridgehead atoms. The van der Waals surface area contributed by atoms with Gasteiger partial charge in [-0.2, -0.15) is 4.31 Å². The molecule has 1 fully saturated rings. The molecule has 6 nitrogen and oxygen atoms in total. The summed E-state index contributed by atoms with van der Waals surface area (Å²) in [5.74, 6) is 0.144. The highest BCUT2D eigenvalue weighted by Crippen LogP contribution is 2.28. The second-order valence-electron chi connectivity index (χ2n) is 8.19. The summed E-state index contributed by atoms with van der Waals surface area (Å²) in [6.45, 7) is 7.42. The molecular formula is C23H29N3O3S. The van der Waals surface area contributed by atoms with E-state index in [1.165, 1.54) is 5.56 Å². The second kappa shape index (κ2) is 8.49. The van der Waals surface area contributed by atoms with Crippen LogP contribution < -0.4 is 4.90 Å². The lowest BCUT2D eigenvalue weighted by molar-refractivity contribution is -0.118. The minimum atomic E-state index is -3.48. The number of para-hydroxylation sites is 1. The van der Waals surface area contributed by atoms with Gasteiger partial charge in [-0.15, -0.1) is 0 Å². The van der Waals surface area contributed by atoms with Gasteiger partial charge in [0.1, 0.15) is 0 Å². The average Bonchev–Trinajstić information content (AvgIpc) is 3.16. The first-order valence-electron chi connectivity index (χ1n) is 10.5. The maximum absolute atomic E-state index is 13.0. The monoisotopic (exact) mass is 427 g/mol. The first-order chi connectivity index (χ1) is 14.4. The summed E-state index contributed by atoms with van der Waals surface area (Å²) in [7, 11) is -3.48. The molecular weight excluding hydrogens is 398 g/mol. The number of carbonyl (C=O) groups is 1. The first kappa shape index (κ1) is 21.0. The van der Waals surface area contributed by atoms with E-state index >= 15 is 0 Å². The number of piperazine rings is 1. The molecule has 2 aliphatic rings. The van der Waals surface area contributed by atoms with Crippen LogP contribution in [-0.4, -0.2) is 62.8 Å². The molecule has 0 aromatic heterocycles. The van der Waals surface area contributed by atoms with E-state index in [1.807, 2.05) is 49.1 Å². The van der Waals surface area contributed by atoms with Crippen LogP contribution in [-0.2, 0) is 21.2 Å². The lowest BCUT2D eigenvalue weighted by Gasteiger charge is -2.34. The highest BCUT2D eigenvalue weighted by molar-refractivity contribution is 7.89. The molecule has 0 radical (unpaired) electrons. The zero-order chi connectivity index (χ0) is 21.3. The van der Waals surface area contributed by atoms with Crippen LogP contribution in [0.25, 0.3) is 0 Å². The summed E-state index contributed by atoms with van der Waals surface area (Å²) < 4.78 is 27.6. The molecule has 1 saturated heterocycles. The van der Waals surface area contributed by atoms with Gasteiger partial charge in [0.15, 0.2) is 0 Å². The van der Waals surface area contributed by atoms with Gasteiger partial charge in [0.05, 0.1) is 4.90 Å². The van der Waals surface area contributed by atoms with Gasteiger partial charge in [0.2, 0.25) is 15.9 Å². The fourth-order valence-corrected chi connectivity index (χ4v) is 6.04. The number of anilines is 1. The molecule has 7 heteroatoms. The highest BCUT2D eigenvalue weighted by atomic mass is 32.2. The van der Waals surface area contributed by atoms with Crippen molar-refractivity contribution < 1.29 is 13.2 Å². The summed E-state index contributed by atoms with van der Waals surface area (Å²) in [6, 6.07) is 13.5. The molecule has 2 aromatic carbocycles. The van der Waals surface area contributed by atoms with Crippen LogP contribution in [0.15, 0.2) is 47.4 Å². The van der Waals surface area contributed by atoms with Crippen LogP contribution in [0.3, 0.4) is 0 Å². The standard InChI is InChI=1S/C23H29N3O3S/c1-18-7-8-22(19(2)17-18)30(28,29)25-15-13-24(14-16-25)11-10-23(27)26-12-9-20-5-3-4-6-21(20)26/h3-8,17H,9-16H2,1-2H3. The molecule has 2 heterocycles. The minimum Gasteiger partial charge on any atom is -0.312 e.